The van der Waals surface area contributed by atoms with Crippen molar-refractivity contribution in [3.8, 4) is 5.75 Å². The molecule has 4 heteroatoms. The highest BCUT2D eigenvalue weighted by Crippen LogP contribution is 2.24. The zero-order chi connectivity index (χ0) is 18.4. The predicted octanol–water partition coefficient (Wildman–Crippen LogP) is 5.70. The first-order valence-corrected chi connectivity index (χ1v) is 8.94. The van der Waals surface area contributed by atoms with Gasteiger partial charge in [-0.25, -0.2) is 0 Å². The van der Waals surface area contributed by atoms with E-state index in [0.29, 0.717) is 12.5 Å². The molecule has 2 aromatic carbocycles. The molecule has 2 rings (SSSR count). The molecule has 0 aliphatic carbocycles. The minimum absolute atomic E-state index is 0.0149. The van der Waals surface area contributed by atoms with Gasteiger partial charge in [-0.05, 0) is 53.1 Å². The van der Waals surface area contributed by atoms with Crippen molar-refractivity contribution in [1.82, 2.24) is 0 Å². The summed E-state index contributed by atoms with van der Waals surface area (Å²) in [7, 11) is 0. The summed E-state index contributed by atoms with van der Waals surface area (Å²) in [5, 5.41) is 9.65. The summed E-state index contributed by atoms with van der Waals surface area (Å²) in [6.07, 6.45) is 1.09. The van der Waals surface area contributed by atoms with Crippen molar-refractivity contribution < 1.29 is 14.6 Å². The van der Waals surface area contributed by atoms with Gasteiger partial charge in [0.1, 0.15) is 12.4 Å². The molecule has 1 N–H and O–H groups in total. The minimum Gasteiger partial charge on any atom is -0.489 e. The number of aliphatic carboxylic acids is 1. The Morgan fingerprint density at radius 3 is 2.36 bits per heavy atom. The molecule has 25 heavy (non-hydrogen) atoms. The fraction of sp³-hybridized carbons (Fsp3) is 0.381. The summed E-state index contributed by atoms with van der Waals surface area (Å²) in [5.41, 5.74) is 3.19. The lowest BCUT2D eigenvalue weighted by molar-refractivity contribution is -0.137. The maximum absolute atomic E-state index is 10.8. The van der Waals surface area contributed by atoms with Gasteiger partial charge in [0.25, 0.3) is 0 Å². The van der Waals surface area contributed by atoms with Gasteiger partial charge in [-0.3, -0.25) is 4.79 Å². The lowest BCUT2D eigenvalue weighted by Gasteiger charge is -2.12. The molecule has 0 saturated carbocycles. The number of halogens is 1. The number of hydrogen-bond donors (Lipinski definition) is 1. The largest absolute Gasteiger partial charge is 0.489 e. The van der Waals surface area contributed by atoms with Crippen molar-refractivity contribution >= 4 is 17.6 Å². The van der Waals surface area contributed by atoms with E-state index < -0.39 is 5.97 Å². The number of hydrogen-bond acceptors (Lipinski definition) is 2. The fourth-order valence-electron chi connectivity index (χ4n) is 2.73. The Labute approximate surface area is 154 Å². The maximum Gasteiger partial charge on any atom is 0.303 e. The van der Waals surface area contributed by atoms with Crippen LogP contribution in [0.15, 0.2) is 42.5 Å². The molecule has 134 valence electrons. The average Bonchev–Trinajstić information content (AvgIpc) is 2.54. The molecule has 0 unspecified atom stereocenters. The Morgan fingerprint density at radius 1 is 1.12 bits per heavy atom. The normalized spacial score (nSPS) is 12.2. The van der Waals surface area contributed by atoms with Crippen molar-refractivity contribution in [2.45, 2.75) is 46.1 Å². The highest BCUT2D eigenvalue weighted by Gasteiger charge is 2.10. The van der Waals surface area contributed by atoms with Gasteiger partial charge in [0, 0.05) is 5.02 Å². The van der Waals surface area contributed by atoms with E-state index in [1.54, 1.807) is 0 Å². The van der Waals surface area contributed by atoms with Crippen molar-refractivity contribution in [3.63, 3.8) is 0 Å². The number of benzene rings is 2. The van der Waals surface area contributed by atoms with Gasteiger partial charge >= 0.3 is 5.97 Å². The van der Waals surface area contributed by atoms with E-state index in [2.05, 4.69) is 19.9 Å². The number of ether oxygens (including phenoxy) is 1. The molecule has 2 aromatic rings. The molecular formula is C21H25ClO3. The first kappa shape index (κ1) is 19.3. The van der Waals surface area contributed by atoms with Crippen LogP contribution in [0, 0.1) is 5.92 Å². The Bertz CT molecular complexity index is 708. The van der Waals surface area contributed by atoms with Crippen LogP contribution < -0.4 is 4.74 Å². The van der Waals surface area contributed by atoms with Crippen LogP contribution in [0.1, 0.15) is 49.8 Å². The van der Waals surface area contributed by atoms with Gasteiger partial charge in [0.05, 0.1) is 6.42 Å². The van der Waals surface area contributed by atoms with Crippen LogP contribution in [-0.4, -0.2) is 11.1 Å². The van der Waals surface area contributed by atoms with E-state index >= 15 is 0 Å². The Morgan fingerprint density at radius 2 is 1.80 bits per heavy atom. The van der Waals surface area contributed by atoms with Crippen LogP contribution in [0.4, 0.5) is 0 Å². The molecule has 0 aliphatic rings. The zero-order valence-electron chi connectivity index (χ0n) is 15.0. The molecule has 1 atom stereocenters. The molecule has 0 spiro atoms. The molecule has 0 radical (unpaired) electrons. The van der Waals surface area contributed by atoms with Crippen LogP contribution >= 0.6 is 11.6 Å². The fourth-order valence-corrected chi connectivity index (χ4v) is 3.01. The van der Waals surface area contributed by atoms with Crippen LogP contribution in [0.3, 0.4) is 0 Å². The quantitative estimate of drug-likeness (QED) is 0.657. The first-order valence-electron chi connectivity index (χ1n) is 8.57. The van der Waals surface area contributed by atoms with E-state index in [4.69, 9.17) is 21.4 Å². The molecular weight excluding hydrogens is 336 g/mol. The third kappa shape index (κ3) is 6.09. The van der Waals surface area contributed by atoms with Gasteiger partial charge < -0.3 is 9.84 Å². The monoisotopic (exact) mass is 360 g/mol. The standard InChI is InChI=1S/C21H25ClO3/c1-14(2)10-18-5-4-16(12-20(18)22)13-25-19-8-6-17(7-9-19)15(3)11-21(23)24/h4-9,12,14-15H,10-11,13H2,1-3H3,(H,23,24)/t15-/m0/s1. The molecule has 0 heterocycles. The SMILES string of the molecule is CC(C)Cc1ccc(COc2ccc([C@@H](C)CC(=O)O)cc2)cc1Cl. The van der Waals surface area contributed by atoms with Gasteiger partial charge in [-0.2, -0.15) is 0 Å². The molecule has 0 fully saturated rings. The molecule has 0 amide bonds. The van der Waals surface area contributed by atoms with Crippen molar-refractivity contribution in [2.24, 2.45) is 5.92 Å². The summed E-state index contributed by atoms with van der Waals surface area (Å²) in [6.45, 7) is 6.71. The number of carboxylic acids is 1. The number of carboxylic acid groups (broad SMARTS) is 1. The Hall–Kier alpha value is -2.00. The summed E-state index contributed by atoms with van der Waals surface area (Å²) in [6, 6.07) is 13.7. The predicted molar refractivity (Wildman–Crippen MR) is 101 cm³/mol. The van der Waals surface area contributed by atoms with Crippen LogP contribution in [-0.2, 0) is 17.8 Å². The highest BCUT2D eigenvalue weighted by atomic mass is 35.5. The summed E-state index contributed by atoms with van der Waals surface area (Å²) in [5.74, 6) is 0.528. The van der Waals surface area contributed by atoms with Crippen molar-refractivity contribution in [1.29, 1.82) is 0 Å². The minimum atomic E-state index is -0.786. The second kappa shape index (κ2) is 8.91. The van der Waals surface area contributed by atoms with E-state index in [1.165, 1.54) is 0 Å². The summed E-state index contributed by atoms with van der Waals surface area (Å²) >= 11 is 6.35. The number of carbonyl (C=O) groups is 1. The van der Waals surface area contributed by atoms with E-state index in [0.717, 1.165) is 33.9 Å². The number of rotatable bonds is 8. The van der Waals surface area contributed by atoms with Crippen LogP contribution in [0.5, 0.6) is 5.75 Å². The third-order valence-corrected chi connectivity index (χ3v) is 4.43. The van der Waals surface area contributed by atoms with Gasteiger partial charge in [0.2, 0.25) is 0 Å². The Balaban J connectivity index is 1.95. The lowest BCUT2D eigenvalue weighted by atomic mass is 9.98. The Kier molecular flexibility index (Phi) is 6.89. The topological polar surface area (TPSA) is 46.5 Å². The van der Waals surface area contributed by atoms with E-state index in [-0.39, 0.29) is 12.3 Å². The van der Waals surface area contributed by atoms with E-state index in [9.17, 15) is 4.79 Å². The van der Waals surface area contributed by atoms with Gasteiger partial charge in [0.15, 0.2) is 0 Å². The molecule has 0 saturated heterocycles. The van der Waals surface area contributed by atoms with Gasteiger partial charge in [-0.1, -0.05) is 56.6 Å². The van der Waals surface area contributed by atoms with Crippen LogP contribution in [0.25, 0.3) is 0 Å². The smallest absolute Gasteiger partial charge is 0.303 e. The van der Waals surface area contributed by atoms with Crippen molar-refractivity contribution in [3.05, 3.63) is 64.2 Å². The molecule has 0 aromatic heterocycles. The molecule has 0 bridgehead atoms. The second-order valence-corrected chi connectivity index (χ2v) is 7.29. The lowest BCUT2D eigenvalue weighted by Crippen LogP contribution is -2.03. The maximum atomic E-state index is 10.8. The first-order chi connectivity index (χ1) is 11.8. The summed E-state index contributed by atoms with van der Waals surface area (Å²) < 4.78 is 5.81. The molecule has 3 nitrogen and oxygen atoms in total. The van der Waals surface area contributed by atoms with Crippen molar-refractivity contribution in [2.75, 3.05) is 0 Å². The van der Waals surface area contributed by atoms with E-state index in [1.807, 2.05) is 43.3 Å². The molecule has 0 aliphatic heterocycles. The average molecular weight is 361 g/mol. The second-order valence-electron chi connectivity index (χ2n) is 6.88. The van der Waals surface area contributed by atoms with Gasteiger partial charge in [-0.15, -0.1) is 0 Å². The zero-order valence-corrected chi connectivity index (χ0v) is 15.7. The van der Waals surface area contributed by atoms with Crippen LogP contribution in [0.2, 0.25) is 5.02 Å². The highest BCUT2D eigenvalue weighted by molar-refractivity contribution is 6.31. The third-order valence-electron chi connectivity index (χ3n) is 4.08. The summed E-state index contributed by atoms with van der Waals surface area (Å²) in [4.78, 5) is 10.8.